The van der Waals surface area contributed by atoms with E-state index in [-0.39, 0.29) is 12.5 Å². The summed E-state index contributed by atoms with van der Waals surface area (Å²) in [7, 11) is 0. The number of hydrazine groups is 1. The van der Waals surface area contributed by atoms with E-state index in [1.165, 1.54) is 4.88 Å². The van der Waals surface area contributed by atoms with Gasteiger partial charge in [0.05, 0.1) is 10.9 Å². The van der Waals surface area contributed by atoms with Gasteiger partial charge in [0, 0.05) is 37.6 Å². The molecule has 2 fully saturated rings. The maximum Gasteiger partial charge on any atom is 0.344 e. The Morgan fingerprint density at radius 3 is 2.45 bits per heavy atom. The summed E-state index contributed by atoms with van der Waals surface area (Å²) in [6.07, 6.45) is 1.10. The molecular weight excluding hydrogens is 462 g/mol. The minimum absolute atomic E-state index is 0.135. The Hall–Kier alpha value is -2.46. The molecule has 0 unspecified atom stereocenters. The normalized spacial score (nSPS) is 21.9. The molecule has 1 atom stereocenters. The van der Waals surface area contributed by atoms with Crippen molar-refractivity contribution in [2.45, 2.75) is 31.8 Å². The first-order valence-corrected chi connectivity index (χ1v) is 12.2. The van der Waals surface area contributed by atoms with E-state index in [1.54, 1.807) is 18.3 Å². The number of hydrogen-bond donors (Lipinski definition) is 2. The molecule has 176 valence electrons. The van der Waals surface area contributed by atoms with Crippen molar-refractivity contribution in [1.82, 2.24) is 25.6 Å². The fourth-order valence-electron chi connectivity index (χ4n) is 4.12. The van der Waals surface area contributed by atoms with Crippen molar-refractivity contribution in [3.05, 3.63) is 57.2 Å². The van der Waals surface area contributed by atoms with Gasteiger partial charge in [0.1, 0.15) is 5.54 Å². The van der Waals surface area contributed by atoms with Crippen molar-refractivity contribution < 1.29 is 14.4 Å². The van der Waals surface area contributed by atoms with E-state index >= 15 is 0 Å². The molecule has 2 aliphatic heterocycles. The molecule has 0 saturated carbocycles. The molecule has 0 aliphatic carbocycles. The van der Waals surface area contributed by atoms with Crippen LogP contribution in [0.2, 0.25) is 4.34 Å². The molecule has 2 aromatic rings. The fourth-order valence-corrected chi connectivity index (χ4v) is 5.25. The van der Waals surface area contributed by atoms with E-state index in [1.807, 2.05) is 47.4 Å². The van der Waals surface area contributed by atoms with Crippen molar-refractivity contribution in [3.63, 3.8) is 0 Å². The molecule has 0 radical (unpaired) electrons. The number of amides is 4. The molecule has 2 N–H and O–H groups in total. The van der Waals surface area contributed by atoms with Crippen LogP contribution in [0.5, 0.6) is 0 Å². The lowest BCUT2D eigenvalue weighted by Crippen LogP contribution is -2.53. The maximum absolute atomic E-state index is 12.9. The largest absolute Gasteiger partial charge is 0.344 e. The zero-order chi connectivity index (χ0) is 23.4. The van der Waals surface area contributed by atoms with Gasteiger partial charge in [0.15, 0.2) is 0 Å². The summed E-state index contributed by atoms with van der Waals surface area (Å²) < 4.78 is 0.789. The quantitative estimate of drug-likeness (QED) is 0.556. The number of urea groups is 1. The highest BCUT2D eigenvalue weighted by Crippen LogP contribution is 2.24. The Kier molecular flexibility index (Phi) is 7.33. The Morgan fingerprint density at radius 1 is 1.09 bits per heavy atom. The predicted octanol–water partition coefficient (Wildman–Crippen LogP) is 2.49. The minimum Gasteiger partial charge on any atom is -0.322 e. The van der Waals surface area contributed by atoms with Gasteiger partial charge >= 0.3 is 6.03 Å². The van der Waals surface area contributed by atoms with E-state index in [9.17, 15) is 14.4 Å². The van der Waals surface area contributed by atoms with E-state index in [4.69, 9.17) is 11.6 Å². The number of imide groups is 1. The van der Waals surface area contributed by atoms with Crippen molar-refractivity contribution in [3.8, 4) is 0 Å². The van der Waals surface area contributed by atoms with E-state index < -0.39 is 17.5 Å². The first-order chi connectivity index (χ1) is 15.8. The molecule has 1 aromatic heterocycles. The monoisotopic (exact) mass is 489 g/mol. The Balaban J connectivity index is 1.23. The Morgan fingerprint density at radius 2 is 1.79 bits per heavy atom. The summed E-state index contributed by atoms with van der Waals surface area (Å²) in [5.74, 6) is -0.805. The summed E-state index contributed by atoms with van der Waals surface area (Å²) in [5.41, 5.74) is 2.54. The zero-order valence-electron chi connectivity index (χ0n) is 18.6. The molecule has 2 aliphatic rings. The fraction of sp³-hybridized carbons (Fsp3) is 0.435. The zero-order valence-corrected chi connectivity index (χ0v) is 20.1. The maximum atomic E-state index is 12.9. The van der Waals surface area contributed by atoms with Crippen LogP contribution in [0.4, 0.5) is 4.79 Å². The van der Waals surface area contributed by atoms with Gasteiger partial charge in [-0.25, -0.2) is 4.79 Å². The summed E-state index contributed by atoms with van der Waals surface area (Å²) >= 11 is 7.59. The van der Waals surface area contributed by atoms with Crippen molar-refractivity contribution in [2.75, 3.05) is 32.7 Å². The first kappa shape index (κ1) is 23.7. The van der Waals surface area contributed by atoms with Gasteiger partial charge in [-0.15, -0.1) is 11.3 Å². The van der Waals surface area contributed by atoms with Crippen LogP contribution in [0.15, 0.2) is 42.5 Å². The highest BCUT2D eigenvalue weighted by Gasteiger charge is 2.48. The SMILES string of the molecule is C[C@@]1(CCc2ccccc2)NC(=O)N(NC(=O)CN2CCN(Cc3ccc(Cl)s3)CC2)C1=O. The molecular formula is C23H28ClN5O3S. The second-order valence-electron chi connectivity index (χ2n) is 8.68. The molecule has 4 amide bonds. The Labute approximate surface area is 202 Å². The Bertz CT molecular complexity index is 1010. The van der Waals surface area contributed by atoms with E-state index in [0.29, 0.717) is 12.8 Å². The lowest BCUT2D eigenvalue weighted by molar-refractivity contribution is -0.139. The topological polar surface area (TPSA) is 85.0 Å². The van der Waals surface area contributed by atoms with Gasteiger partial charge in [0.2, 0.25) is 0 Å². The third-order valence-corrected chi connectivity index (χ3v) is 7.31. The number of nitrogens with zero attached hydrogens (tertiary/aromatic N) is 3. The molecule has 3 heterocycles. The summed E-state index contributed by atoms with van der Waals surface area (Å²) in [5, 5.41) is 3.56. The number of aryl methyl sites for hydroxylation is 1. The molecule has 0 bridgehead atoms. The molecule has 33 heavy (non-hydrogen) atoms. The predicted molar refractivity (Wildman–Crippen MR) is 128 cm³/mol. The van der Waals surface area contributed by atoms with Gasteiger partial charge in [-0.3, -0.25) is 24.8 Å². The number of carbonyl (C=O) groups excluding carboxylic acids is 3. The first-order valence-electron chi connectivity index (χ1n) is 11.0. The number of thiophene rings is 1. The van der Waals surface area contributed by atoms with Crippen molar-refractivity contribution in [1.29, 1.82) is 0 Å². The second-order valence-corrected chi connectivity index (χ2v) is 10.5. The van der Waals surface area contributed by atoms with Gasteiger partial charge in [-0.1, -0.05) is 41.9 Å². The lowest BCUT2D eigenvalue weighted by atomic mass is 9.93. The average Bonchev–Trinajstić information content (AvgIpc) is 3.30. The lowest BCUT2D eigenvalue weighted by Gasteiger charge is -2.34. The van der Waals surface area contributed by atoms with Crippen LogP contribution in [0, 0.1) is 0 Å². The van der Waals surface area contributed by atoms with Crippen LogP contribution in [-0.4, -0.2) is 70.9 Å². The third-order valence-electron chi connectivity index (χ3n) is 6.09. The molecule has 1 aromatic carbocycles. The third kappa shape index (κ3) is 5.92. The number of halogens is 1. The number of hydrogen-bond acceptors (Lipinski definition) is 6. The molecule has 0 spiro atoms. The summed E-state index contributed by atoms with van der Waals surface area (Å²) in [6.45, 7) is 5.83. The molecule has 10 heteroatoms. The number of rotatable bonds is 8. The number of piperazine rings is 1. The van der Waals surface area contributed by atoms with Crippen molar-refractivity contribution >= 4 is 40.8 Å². The summed E-state index contributed by atoms with van der Waals surface area (Å²) in [6, 6.07) is 13.1. The van der Waals surface area contributed by atoms with Crippen LogP contribution < -0.4 is 10.7 Å². The van der Waals surface area contributed by atoms with Crippen LogP contribution in [-0.2, 0) is 22.6 Å². The number of nitrogens with one attached hydrogen (secondary N) is 2. The van der Waals surface area contributed by atoms with Crippen molar-refractivity contribution in [2.24, 2.45) is 0 Å². The average molecular weight is 490 g/mol. The molecule has 4 rings (SSSR count). The second kappa shape index (κ2) is 10.2. The van der Waals surface area contributed by atoms with Gasteiger partial charge in [-0.2, -0.15) is 5.01 Å². The van der Waals surface area contributed by atoms with E-state index in [0.717, 1.165) is 47.6 Å². The van der Waals surface area contributed by atoms with Gasteiger partial charge in [0.25, 0.3) is 11.8 Å². The van der Waals surface area contributed by atoms with Crippen LogP contribution in [0.25, 0.3) is 0 Å². The highest BCUT2D eigenvalue weighted by molar-refractivity contribution is 7.16. The van der Waals surface area contributed by atoms with E-state index in [2.05, 4.69) is 15.6 Å². The minimum atomic E-state index is -1.05. The van der Waals surface area contributed by atoms with Crippen LogP contribution >= 0.6 is 22.9 Å². The molecule has 2 saturated heterocycles. The summed E-state index contributed by atoms with van der Waals surface area (Å²) in [4.78, 5) is 43.5. The molecule has 8 nitrogen and oxygen atoms in total. The van der Waals surface area contributed by atoms with Gasteiger partial charge in [-0.05, 0) is 37.5 Å². The van der Waals surface area contributed by atoms with Crippen LogP contribution in [0.1, 0.15) is 23.8 Å². The number of benzene rings is 1. The van der Waals surface area contributed by atoms with Gasteiger partial charge < -0.3 is 5.32 Å². The smallest absolute Gasteiger partial charge is 0.322 e. The standard InChI is InChI=1S/C23H28ClN5O3S/c1-23(10-9-17-5-3-2-4-6-17)21(31)29(22(32)25-23)26-20(30)16-28-13-11-27(12-14-28)15-18-7-8-19(24)33-18/h2-8H,9-16H2,1H3,(H,25,32)(H,26,30)/t23-/m0/s1. The van der Waals surface area contributed by atoms with Crippen LogP contribution in [0.3, 0.4) is 0 Å². The highest BCUT2D eigenvalue weighted by atomic mass is 35.5. The number of carbonyl (C=O) groups is 3.